The third-order valence-electron chi connectivity index (χ3n) is 2.48. The molecule has 170 valence electrons. The van der Waals surface area contributed by atoms with Gasteiger partial charge < -0.3 is 0 Å². The summed E-state index contributed by atoms with van der Waals surface area (Å²) in [5.74, 6) is -30.5. The lowest BCUT2D eigenvalue weighted by atomic mass is 10.1. The fourth-order valence-corrected chi connectivity index (χ4v) is 2.86. The summed E-state index contributed by atoms with van der Waals surface area (Å²) in [5.41, 5.74) is 0. The summed E-state index contributed by atoms with van der Waals surface area (Å²) >= 11 is 0. The van der Waals surface area contributed by atoms with Crippen molar-refractivity contribution in [3.05, 3.63) is 0 Å². The van der Waals surface area contributed by atoms with Gasteiger partial charge in [-0.05, 0) is 21.6 Å². The minimum absolute atomic E-state index is 2.89. The zero-order valence-corrected chi connectivity index (χ0v) is 13.3. The minimum Gasteiger partial charge on any atom is -0.191 e. The van der Waals surface area contributed by atoms with Gasteiger partial charge >= 0.3 is 46.6 Å². The van der Waals surface area contributed by atoms with Gasteiger partial charge in [-0.2, -0.15) is 79.0 Å². The number of hydrogen-bond donors (Lipinski definition) is 0. The second-order valence-corrected chi connectivity index (χ2v) is 6.85. The van der Waals surface area contributed by atoms with Gasteiger partial charge in [0.15, 0.2) is 0 Å². The molecular formula is C8F18S2. The Kier molecular flexibility index (Phi) is 6.86. The van der Waals surface area contributed by atoms with Gasteiger partial charge in [-0.3, -0.25) is 0 Å². The zero-order valence-electron chi connectivity index (χ0n) is 11.6. The molecule has 0 heterocycles. The van der Waals surface area contributed by atoms with Crippen LogP contribution in [0.15, 0.2) is 0 Å². The van der Waals surface area contributed by atoms with Crippen LogP contribution in [-0.2, 0) is 0 Å². The van der Waals surface area contributed by atoms with Crippen molar-refractivity contribution >= 4 is 21.6 Å². The Morgan fingerprint density at radius 1 is 0.286 bits per heavy atom. The Bertz CT molecular complexity index is 505. The van der Waals surface area contributed by atoms with E-state index in [9.17, 15) is 79.0 Å². The molecule has 0 bridgehead atoms. The quantitative estimate of drug-likeness (QED) is 0.267. The maximum Gasteiger partial charge on any atom is 0.460 e. The number of rotatable bonds is 7. The van der Waals surface area contributed by atoms with Gasteiger partial charge in [0.2, 0.25) is 0 Å². The molecule has 0 atom stereocenters. The SMILES string of the molecule is FC(F)(F)C(F)(F)C(F)(F)C(F)(F)SSC(F)(F)C(F)(F)C(F)(F)C(F)(F)F. The molecule has 28 heavy (non-hydrogen) atoms. The first-order valence-electron chi connectivity index (χ1n) is 5.48. The predicted octanol–water partition coefficient (Wildman–Crippen LogP) is 7.22. The van der Waals surface area contributed by atoms with E-state index in [1.165, 1.54) is 0 Å². The third-order valence-corrected chi connectivity index (χ3v) is 5.00. The van der Waals surface area contributed by atoms with Crippen LogP contribution in [0.3, 0.4) is 0 Å². The first-order chi connectivity index (χ1) is 11.7. The molecule has 0 aliphatic rings. The molecule has 0 nitrogen and oxygen atoms in total. The van der Waals surface area contributed by atoms with Crippen LogP contribution in [0.4, 0.5) is 79.0 Å². The molecule has 0 fully saturated rings. The van der Waals surface area contributed by atoms with E-state index in [1.54, 1.807) is 0 Å². The van der Waals surface area contributed by atoms with Crippen molar-refractivity contribution < 1.29 is 79.0 Å². The van der Waals surface area contributed by atoms with Gasteiger partial charge in [-0.1, -0.05) is 0 Å². The molecule has 0 aromatic heterocycles. The van der Waals surface area contributed by atoms with Gasteiger partial charge in [-0.15, -0.1) is 0 Å². The second kappa shape index (κ2) is 7.00. The standard InChI is InChI=1S/C8F18S2/c9-1(10,5(17,18)19)3(13,14)7(23,24)27-28-8(25,26)4(15,16)2(11,12)6(20,21)22. The average molecular weight is 502 g/mol. The van der Waals surface area contributed by atoms with Gasteiger partial charge in [-0.25, -0.2) is 0 Å². The van der Waals surface area contributed by atoms with Gasteiger partial charge in [0, 0.05) is 0 Å². The first kappa shape index (κ1) is 27.4. The molecule has 0 saturated heterocycles. The topological polar surface area (TPSA) is 0 Å². The number of hydrogen-bond acceptors (Lipinski definition) is 2. The molecule has 0 unspecified atom stereocenters. The van der Waals surface area contributed by atoms with Crippen LogP contribution >= 0.6 is 21.6 Å². The molecule has 0 rings (SSSR count). The summed E-state index contributed by atoms with van der Waals surface area (Å²) in [7, 11) is -5.78. The summed E-state index contributed by atoms with van der Waals surface area (Å²) in [6, 6.07) is 0. The Morgan fingerprint density at radius 2 is 0.464 bits per heavy atom. The molecule has 20 heteroatoms. The van der Waals surface area contributed by atoms with Crippen molar-refractivity contribution in [2.24, 2.45) is 0 Å². The lowest BCUT2D eigenvalue weighted by molar-refractivity contribution is -0.381. The Labute approximate surface area is 148 Å². The summed E-state index contributed by atoms with van der Waals surface area (Å²) in [4.78, 5) is 0. The highest BCUT2D eigenvalue weighted by molar-refractivity contribution is 8.77. The zero-order chi connectivity index (χ0) is 23.4. The van der Waals surface area contributed by atoms with Crippen molar-refractivity contribution in [2.75, 3.05) is 0 Å². The molecule has 0 spiro atoms. The summed E-state index contributed by atoms with van der Waals surface area (Å²) in [6.45, 7) is 0. The van der Waals surface area contributed by atoms with Crippen LogP contribution < -0.4 is 0 Å². The predicted molar refractivity (Wildman–Crippen MR) is 57.0 cm³/mol. The van der Waals surface area contributed by atoms with Crippen LogP contribution in [0, 0.1) is 0 Å². The number of halogens is 18. The second-order valence-electron chi connectivity index (χ2n) is 4.49. The van der Waals surface area contributed by atoms with Gasteiger partial charge in [0.25, 0.3) is 0 Å². The maximum atomic E-state index is 12.9. The Hall–Kier alpha value is -0.560. The fourth-order valence-electron chi connectivity index (χ4n) is 0.931. The van der Waals surface area contributed by atoms with Crippen molar-refractivity contribution in [3.63, 3.8) is 0 Å². The fraction of sp³-hybridized carbons (Fsp3) is 1.00. The van der Waals surface area contributed by atoms with Crippen LogP contribution in [0.2, 0.25) is 0 Å². The smallest absolute Gasteiger partial charge is 0.191 e. The molecule has 0 aliphatic heterocycles. The lowest BCUT2D eigenvalue weighted by Gasteiger charge is -2.35. The highest BCUT2D eigenvalue weighted by Crippen LogP contribution is 2.64. The summed E-state index contributed by atoms with van der Waals surface area (Å²) in [5, 5.41) is -14.0. The molecule has 0 saturated carbocycles. The summed E-state index contributed by atoms with van der Waals surface area (Å²) in [6.07, 6.45) is -14.8. The lowest BCUT2D eigenvalue weighted by Crippen LogP contribution is -2.60. The van der Waals surface area contributed by atoms with Crippen LogP contribution in [0.5, 0.6) is 0 Å². The van der Waals surface area contributed by atoms with Crippen molar-refractivity contribution in [3.8, 4) is 0 Å². The van der Waals surface area contributed by atoms with Crippen molar-refractivity contribution in [1.29, 1.82) is 0 Å². The van der Waals surface area contributed by atoms with E-state index in [0.29, 0.717) is 0 Å². The van der Waals surface area contributed by atoms with Crippen molar-refractivity contribution in [2.45, 2.75) is 46.6 Å². The Balaban J connectivity index is 5.84. The van der Waals surface area contributed by atoms with Crippen molar-refractivity contribution in [1.82, 2.24) is 0 Å². The highest BCUT2D eigenvalue weighted by Gasteiger charge is 2.85. The van der Waals surface area contributed by atoms with E-state index in [2.05, 4.69) is 0 Å². The molecule has 0 amide bonds. The van der Waals surface area contributed by atoms with E-state index in [4.69, 9.17) is 0 Å². The van der Waals surface area contributed by atoms with E-state index in [-0.39, 0.29) is 0 Å². The molecule has 0 radical (unpaired) electrons. The first-order valence-corrected chi connectivity index (χ1v) is 7.63. The minimum atomic E-state index is -7.63. The van der Waals surface area contributed by atoms with Crippen LogP contribution in [-0.4, -0.2) is 46.6 Å². The summed E-state index contributed by atoms with van der Waals surface area (Å²) < 4.78 is 223. The maximum absolute atomic E-state index is 12.9. The highest BCUT2D eigenvalue weighted by atomic mass is 33.1. The van der Waals surface area contributed by atoms with E-state index in [1.807, 2.05) is 0 Å². The van der Waals surface area contributed by atoms with Crippen LogP contribution in [0.25, 0.3) is 0 Å². The molecule has 0 aromatic carbocycles. The van der Waals surface area contributed by atoms with E-state index < -0.39 is 68.1 Å². The molecule has 0 aliphatic carbocycles. The van der Waals surface area contributed by atoms with E-state index >= 15 is 0 Å². The Morgan fingerprint density at radius 3 is 0.607 bits per heavy atom. The molecular weight excluding hydrogens is 502 g/mol. The normalized spacial score (nSPS) is 16.5. The van der Waals surface area contributed by atoms with Crippen LogP contribution in [0.1, 0.15) is 0 Å². The molecule has 0 N–H and O–H groups in total. The monoisotopic (exact) mass is 502 g/mol. The van der Waals surface area contributed by atoms with Gasteiger partial charge in [0.1, 0.15) is 0 Å². The number of alkyl halides is 18. The largest absolute Gasteiger partial charge is 0.460 e. The van der Waals surface area contributed by atoms with E-state index in [0.717, 1.165) is 0 Å². The third kappa shape index (κ3) is 4.16. The average Bonchev–Trinajstić information content (AvgIpc) is 2.42. The van der Waals surface area contributed by atoms with Gasteiger partial charge in [0.05, 0.1) is 0 Å². The molecule has 0 aromatic rings.